The molecule has 0 aliphatic heterocycles. The van der Waals surface area contributed by atoms with Gasteiger partial charge in [0.05, 0.1) is 18.5 Å². The quantitative estimate of drug-likeness (QED) is 0.305. The molecule has 0 saturated heterocycles. The number of ether oxygens (including phenoxy) is 1. The second kappa shape index (κ2) is 12.9. The summed E-state index contributed by atoms with van der Waals surface area (Å²) in [5, 5.41) is 10.1. The van der Waals surface area contributed by atoms with Gasteiger partial charge >= 0.3 is 6.09 Å². The smallest absolute Gasteiger partial charge is 0.407 e. The number of halogens is 2. The van der Waals surface area contributed by atoms with Crippen molar-refractivity contribution >= 4 is 50.4 Å². The minimum absolute atomic E-state index is 0.0439. The molecule has 0 radical (unpaired) electrons. The number of hydrogen-bond acceptors (Lipinski definition) is 10. The maximum Gasteiger partial charge on any atom is 0.407 e. The second-order valence-electron chi connectivity index (χ2n) is 9.09. The summed E-state index contributed by atoms with van der Waals surface area (Å²) in [4.78, 5) is 20.1. The fourth-order valence-corrected chi connectivity index (χ4v) is 5.52. The predicted octanol–water partition coefficient (Wildman–Crippen LogP) is 3.14. The summed E-state index contributed by atoms with van der Waals surface area (Å²) in [6.45, 7) is 5.74. The number of anilines is 2. The van der Waals surface area contributed by atoms with Gasteiger partial charge in [0.1, 0.15) is 11.6 Å². The lowest BCUT2D eigenvalue weighted by Gasteiger charge is -2.26. The van der Waals surface area contributed by atoms with Crippen LogP contribution in [0.4, 0.5) is 20.8 Å². The van der Waals surface area contributed by atoms with E-state index in [9.17, 15) is 22.0 Å². The second-order valence-corrected chi connectivity index (χ2v) is 12.5. The number of carbonyl (C=O) groups is 1. The number of methoxy groups -OCH3 is 1. The van der Waals surface area contributed by atoms with E-state index in [1.165, 1.54) is 19.4 Å². The van der Waals surface area contributed by atoms with Gasteiger partial charge in [0, 0.05) is 64.7 Å². The molecule has 40 heavy (non-hydrogen) atoms. The Morgan fingerprint density at radius 2 is 2.00 bits per heavy atom. The number of benzene rings is 1. The number of nitrogens with zero attached hydrogens (tertiary/aromatic N) is 5. The average Bonchev–Trinajstić information content (AvgIpc) is 3.32. The third-order valence-electron chi connectivity index (χ3n) is 5.38. The fraction of sp³-hybridized carbons (Fsp3) is 0.391. The molecule has 0 spiro atoms. The molecule has 1 aromatic carbocycles. The van der Waals surface area contributed by atoms with Gasteiger partial charge in [0.2, 0.25) is 5.95 Å². The molecule has 13 nitrogen and oxygen atoms in total. The van der Waals surface area contributed by atoms with Crippen molar-refractivity contribution in [3.05, 3.63) is 41.4 Å². The molecule has 0 bridgehead atoms. The summed E-state index contributed by atoms with van der Waals surface area (Å²) in [6, 6.07) is 3.41. The van der Waals surface area contributed by atoms with Crippen LogP contribution >= 0.6 is 11.6 Å². The monoisotopic (exact) mass is 616 g/mol. The molecule has 2 atom stereocenters. The van der Waals surface area contributed by atoms with E-state index in [-0.39, 0.29) is 40.9 Å². The average molecular weight is 617 g/mol. The molecule has 17 heteroatoms. The highest BCUT2D eigenvalue weighted by atomic mass is 35.5. The van der Waals surface area contributed by atoms with Crippen molar-refractivity contribution in [3.63, 3.8) is 0 Å². The third-order valence-corrected chi connectivity index (χ3v) is 7.18. The predicted molar refractivity (Wildman–Crippen MR) is 149 cm³/mol. The van der Waals surface area contributed by atoms with Crippen molar-refractivity contribution in [2.45, 2.75) is 32.9 Å². The van der Waals surface area contributed by atoms with Crippen LogP contribution < -0.4 is 14.9 Å². The van der Waals surface area contributed by atoms with Gasteiger partial charge in [0.25, 0.3) is 0 Å². The van der Waals surface area contributed by atoms with Gasteiger partial charge in [0.15, 0.2) is 15.7 Å². The van der Waals surface area contributed by atoms with E-state index in [1.807, 2.05) is 13.8 Å². The fourth-order valence-electron chi connectivity index (χ4n) is 3.53. The summed E-state index contributed by atoms with van der Waals surface area (Å²) in [5.41, 5.74) is 0.115. The molecule has 2 aromatic heterocycles. The Morgan fingerprint density at radius 1 is 1.30 bits per heavy atom. The van der Waals surface area contributed by atoms with Crippen molar-refractivity contribution in [2.24, 2.45) is 0 Å². The van der Waals surface area contributed by atoms with Crippen molar-refractivity contribution < 1.29 is 31.1 Å². The Morgan fingerprint density at radius 3 is 2.60 bits per heavy atom. The van der Waals surface area contributed by atoms with Crippen molar-refractivity contribution in [1.29, 1.82) is 0 Å². The molecule has 1 amide bonds. The van der Waals surface area contributed by atoms with E-state index in [0.29, 0.717) is 15.6 Å². The summed E-state index contributed by atoms with van der Waals surface area (Å²) >= 11 is 3.12. The van der Waals surface area contributed by atoms with Crippen LogP contribution in [-0.2, 0) is 25.8 Å². The highest BCUT2D eigenvalue weighted by Crippen LogP contribution is 2.38. The molecule has 0 aliphatic rings. The number of carbonyl (C=O) groups excluding carboxylic acids is 1. The molecule has 0 fully saturated rings. The molecule has 2 heterocycles. The SMILES string of the molecule is COC(=O)N[C@@H](C)CNc1nccc(-c2cn(C(C)C)nc2-c2cc(Cl)cc(N(CS(C)(=O)=O)S(=O)[O-])c2F)n1. The van der Waals surface area contributed by atoms with Crippen molar-refractivity contribution in [3.8, 4) is 22.5 Å². The van der Waals surface area contributed by atoms with Crippen LogP contribution in [0.5, 0.6) is 0 Å². The standard InChI is InChI=1S/C23H29ClFN7O6S2/c1-13(2)31-11-17(18-6-7-26-22(29-18)27-10-14(3)28-23(33)38-4)21(30-31)16-8-15(24)9-19(20(16)25)32(39(34)35)12-40(5,36)37/h6-9,11,13-14H,10,12H2,1-5H3,(H,28,33)(H,34,35)(H,26,27,29)/p-1/t14-/m0/s1. The number of sulfone groups is 1. The molecular formula is C23H28ClFN7O6S2-. The minimum Gasteiger partial charge on any atom is -0.755 e. The zero-order chi connectivity index (χ0) is 29.8. The van der Waals surface area contributed by atoms with Gasteiger partial charge in [-0.1, -0.05) is 11.6 Å². The number of nitrogens with one attached hydrogen (secondary N) is 2. The zero-order valence-corrected chi connectivity index (χ0v) is 24.6. The van der Waals surface area contributed by atoms with Crippen LogP contribution in [0.3, 0.4) is 0 Å². The van der Waals surface area contributed by atoms with Crippen molar-refractivity contribution in [1.82, 2.24) is 25.1 Å². The number of hydrogen-bond donors (Lipinski definition) is 2. The molecule has 218 valence electrons. The van der Waals surface area contributed by atoms with E-state index < -0.39 is 44.6 Å². The first-order valence-electron chi connectivity index (χ1n) is 11.7. The van der Waals surface area contributed by atoms with E-state index in [0.717, 1.165) is 12.3 Å². The Kier molecular flexibility index (Phi) is 10.0. The molecule has 1 unspecified atom stereocenters. The summed E-state index contributed by atoms with van der Waals surface area (Å²) in [7, 11) is -2.60. The van der Waals surface area contributed by atoms with Gasteiger partial charge < -0.3 is 19.9 Å². The highest BCUT2D eigenvalue weighted by molar-refractivity contribution is 7.92. The van der Waals surface area contributed by atoms with Crippen molar-refractivity contribution in [2.75, 3.05) is 35.4 Å². The maximum atomic E-state index is 15.9. The normalized spacial score (nSPS) is 13.1. The van der Waals surface area contributed by atoms with Crippen LogP contribution in [0, 0.1) is 5.82 Å². The Labute approximate surface area is 238 Å². The van der Waals surface area contributed by atoms with E-state index >= 15 is 4.39 Å². The third kappa shape index (κ3) is 7.87. The van der Waals surface area contributed by atoms with Gasteiger partial charge in [-0.15, -0.1) is 0 Å². The first-order chi connectivity index (χ1) is 18.7. The number of rotatable bonds is 11. The molecule has 0 saturated carbocycles. The van der Waals surface area contributed by atoms with Gasteiger partial charge in [-0.3, -0.25) is 13.2 Å². The van der Waals surface area contributed by atoms with Gasteiger partial charge in [-0.05, 0) is 39.0 Å². The topological polar surface area (TPSA) is 171 Å². The molecule has 0 aliphatic carbocycles. The maximum absolute atomic E-state index is 15.9. The summed E-state index contributed by atoms with van der Waals surface area (Å²) in [5.74, 6) is -1.81. The van der Waals surface area contributed by atoms with Crippen LogP contribution in [-0.4, -0.2) is 74.9 Å². The molecule has 3 aromatic rings. The Hall–Kier alpha value is -3.34. The number of aromatic nitrogens is 4. The Balaban J connectivity index is 2.09. The lowest BCUT2D eigenvalue weighted by atomic mass is 10.0. The number of alkyl carbamates (subject to hydrolysis) is 1. The van der Waals surface area contributed by atoms with Crippen LogP contribution in [0.15, 0.2) is 30.6 Å². The zero-order valence-electron chi connectivity index (χ0n) is 22.2. The van der Waals surface area contributed by atoms with Crippen LogP contribution in [0.25, 0.3) is 22.5 Å². The Bertz CT molecular complexity index is 1520. The minimum atomic E-state index is -3.86. The highest BCUT2D eigenvalue weighted by Gasteiger charge is 2.25. The van der Waals surface area contributed by atoms with Crippen LogP contribution in [0.1, 0.15) is 26.8 Å². The molecule has 3 rings (SSSR count). The van der Waals surface area contributed by atoms with Crippen LogP contribution in [0.2, 0.25) is 5.02 Å². The molecular weight excluding hydrogens is 589 g/mol. The summed E-state index contributed by atoms with van der Waals surface area (Å²) in [6.07, 6.45) is 3.36. The van der Waals surface area contributed by atoms with Gasteiger partial charge in [-0.25, -0.2) is 27.6 Å². The first-order valence-corrected chi connectivity index (χ1v) is 15.2. The lowest BCUT2D eigenvalue weighted by molar-refractivity contribution is 0.168. The van der Waals surface area contributed by atoms with Gasteiger partial charge in [-0.2, -0.15) is 5.10 Å². The van der Waals surface area contributed by atoms with E-state index in [2.05, 4.69) is 30.4 Å². The molecule has 2 N–H and O–H groups in total. The lowest BCUT2D eigenvalue weighted by Crippen LogP contribution is -2.37. The first kappa shape index (κ1) is 31.2. The number of amides is 1. The summed E-state index contributed by atoms with van der Waals surface area (Å²) < 4.78 is 69.9. The largest absolute Gasteiger partial charge is 0.755 e. The van der Waals surface area contributed by atoms with E-state index in [4.69, 9.17) is 11.6 Å². The van der Waals surface area contributed by atoms with E-state index in [1.54, 1.807) is 23.9 Å².